The summed E-state index contributed by atoms with van der Waals surface area (Å²) in [6, 6.07) is 0.215. The monoisotopic (exact) mass is 264 g/mol. The third kappa shape index (κ3) is 3.55. The molecule has 6 heteroatoms. The Morgan fingerprint density at radius 3 is 2.94 bits per heavy atom. The number of carbonyl (C=O) groups excluding carboxylic acids is 1. The summed E-state index contributed by atoms with van der Waals surface area (Å²) in [5.74, 6) is 0.113. The van der Waals surface area contributed by atoms with Gasteiger partial charge in [0, 0.05) is 19.6 Å². The van der Waals surface area contributed by atoms with Gasteiger partial charge in [-0.1, -0.05) is 6.92 Å². The predicted molar refractivity (Wildman–Crippen MR) is 66.5 cm³/mol. The van der Waals surface area contributed by atoms with Crippen molar-refractivity contribution in [2.24, 2.45) is 0 Å². The van der Waals surface area contributed by atoms with Gasteiger partial charge in [0.1, 0.15) is 6.10 Å². The Morgan fingerprint density at radius 1 is 1.47 bits per heavy atom. The van der Waals surface area contributed by atoms with E-state index in [-0.39, 0.29) is 30.5 Å². The summed E-state index contributed by atoms with van der Waals surface area (Å²) in [4.78, 5) is 14.1. The van der Waals surface area contributed by atoms with E-state index in [1.54, 1.807) is 0 Å². The molecule has 2 saturated heterocycles. The Hall–Kier alpha value is -0.360. The molecule has 0 aromatic carbocycles. The highest BCUT2D eigenvalue weighted by molar-refractivity contribution is 5.85. The molecule has 0 aromatic heterocycles. The van der Waals surface area contributed by atoms with E-state index in [4.69, 9.17) is 9.47 Å². The standard InChI is InChI=1S/C11H20N2O3.ClH/c1-2-9-8-15-6-4-13(9)11(14)10-7-12-3-5-16-10;/h9-10,12H,2-8H2,1H3;1H. The minimum atomic E-state index is -0.305. The topological polar surface area (TPSA) is 50.8 Å². The average Bonchev–Trinajstić information content (AvgIpc) is 2.39. The van der Waals surface area contributed by atoms with E-state index in [0.717, 1.165) is 13.0 Å². The second kappa shape index (κ2) is 7.16. The van der Waals surface area contributed by atoms with Crippen molar-refractivity contribution in [3.63, 3.8) is 0 Å². The lowest BCUT2D eigenvalue weighted by Crippen LogP contribution is -2.55. The SMILES string of the molecule is CCC1COCCN1C(=O)C1CNCCO1.Cl. The molecule has 2 aliphatic heterocycles. The maximum atomic E-state index is 12.2. The first-order chi connectivity index (χ1) is 7.83. The van der Waals surface area contributed by atoms with E-state index in [9.17, 15) is 4.79 Å². The fourth-order valence-electron chi connectivity index (χ4n) is 2.19. The molecule has 2 unspecified atom stereocenters. The number of nitrogens with one attached hydrogen (secondary N) is 1. The number of ether oxygens (including phenoxy) is 2. The first-order valence-electron chi connectivity index (χ1n) is 6.03. The van der Waals surface area contributed by atoms with E-state index in [1.807, 2.05) is 4.90 Å². The van der Waals surface area contributed by atoms with Crippen molar-refractivity contribution in [1.82, 2.24) is 10.2 Å². The minimum Gasteiger partial charge on any atom is -0.377 e. The molecule has 0 radical (unpaired) electrons. The number of halogens is 1. The number of amides is 1. The van der Waals surface area contributed by atoms with Crippen molar-refractivity contribution < 1.29 is 14.3 Å². The van der Waals surface area contributed by atoms with Gasteiger partial charge >= 0.3 is 0 Å². The molecule has 2 heterocycles. The summed E-state index contributed by atoms with van der Waals surface area (Å²) in [6.07, 6.45) is 0.632. The van der Waals surface area contributed by atoms with Gasteiger partial charge in [-0.05, 0) is 6.42 Å². The highest BCUT2D eigenvalue weighted by atomic mass is 35.5. The first-order valence-corrected chi connectivity index (χ1v) is 6.03. The molecule has 2 atom stereocenters. The zero-order valence-electron chi connectivity index (χ0n) is 10.2. The first kappa shape index (κ1) is 14.7. The molecule has 1 amide bonds. The normalized spacial score (nSPS) is 29.6. The molecule has 2 rings (SSSR count). The van der Waals surface area contributed by atoms with E-state index < -0.39 is 0 Å². The number of carbonyl (C=O) groups is 1. The number of rotatable bonds is 2. The number of hydrogen-bond donors (Lipinski definition) is 1. The maximum absolute atomic E-state index is 12.2. The van der Waals surface area contributed by atoms with Crippen LogP contribution in [0.4, 0.5) is 0 Å². The van der Waals surface area contributed by atoms with Gasteiger partial charge in [-0.3, -0.25) is 4.79 Å². The molecule has 0 spiro atoms. The summed E-state index contributed by atoms with van der Waals surface area (Å²) in [6.45, 7) is 6.16. The predicted octanol–water partition coefficient (Wildman–Crippen LogP) is 0.0340. The largest absolute Gasteiger partial charge is 0.377 e. The molecule has 100 valence electrons. The van der Waals surface area contributed by atoms with Crippen molar-refractivity contribution in [3.8, 4) is 0 Å². The Balaban J connectivity index is 0.00000144. The molecule has 1 N–H and O–H groups in total. The summed E-state index contributed by atoms with van der Waals surface area (Å²) in [7, 11) is 0. The van der Waals surface area contributed by atoms with Crippen molar-refractivity contribution in [2.45, 2.75) is 25.5 Å². The minimum absolute atomic E-state index is 0. The zero-order chi connectivity index (χ0) is 11.4. The molecule has 5 nitrogen and oxygen atoms in total. The summed E-state index contributed by atoms with van der Waals surface area (Å²) < 4.78 is 10.9. The highest BCUT2D eigenvalue weighted by Crippen LogP contribution is 2.13. The van der Waals surface area contributed by atoms with Crippen LogP contribution >= 0.6 is 12.4 Å². The van der Waals surface area contributed by atoms with Gasteiger partial charge in [-0.25, -0.2) is 0 Å². The molecule has 0 saturated carbocycles. The summed E-state index contributed by atoms with van der Waals surface area (Å²) in [5.41, 5.74) is 0. The molecule has 2 aliphatic rings. The lowest BCUT2D eigenvalue weighted by Gasteiger charge is -2.38. The average molecular weight is 265 g/mol. The van der Waals surface area contributed by atoms with Crippen LogP contribution in [0.5, 0.6) is 0 Å². The van der Waals surface area contributed by atoms with Gasteiger partial charge in [-0.2, -0.15) is 0 Å². The van der Waals surface area contributed by atoms with Gasteiger partial charge < -0.3 is 19.7 Å². The Labute approximate surface area is 108 Å². The molecule has 0 aliphatic carbocycles. The van der Waals surface area contributed by atoms with Crippen LogP contribution in [0.2, 0.25) is 0 Å². The van der Waals surface area contributed by atoms with Crippen LogP contribution in [0.15, 0.2) is 0 Å². The smallest absolute Gasteiger partial charge is 0.253 e. The van der Waals surface area contributed by atoms with Crippen molar-refractivity contribution >= 4 is 18.3 Å². The van der Waals surface area contributed by atoms with Crippen LogP contribution in [0.1, 0.15) is 13.3 Å². The quantitative estimate of drug-likeness (QED) is 0.765. The number of nitrogens with zero attached hydrogens (tertiary/aromatic N) is 1. The second-order valence-electron chi connectivity index (χ2n) is 4.23. The fourth-order valence-corrected chi connectivity index (χ4v) is 2.19. The Kier molecular flexibility index (Phi) is 6.19. The zero-order valence-corrected chi connectivity index (χ0v) is 11.0. The molecular formula is C11H21ClN2O3. The van der Waals surface area contributed by atoms with Gasteiger partial charge in [0.15, 0.2) is 0 Å². The highest BCUT2D eigenvalue weighted by Gasteiger charge is 2.32. The van der Waals surface area contributed by atoms with Gasteiger partial charge in [0.05, 0.1) is 25.9 Å². The van der Waals surface area contributed by atoms with Crippen LogP contribution in [0.3, 0.4) is 0 Å². The van der Waals surface area contributed by atoms with Gasteiger partial charge in [0.25, 0.3) is 5.91 Å². The molecule has 0 aromatic rings. The van der Waals surface area contributed by atoms with Crippen LogP contribution < -0.4 is 5.32 Å². The van der Waals surface area contributed by atoms with Crippen molar-refractivity contribution in [1.29, 1.82) is 0 Å². The third-order valence-corrected chi connectivity index (χ3v) is 3.18. The van der Waals surface area contributed by atoms with E-state index >= 15 is 0 Å². The molecular weight excluding hydrogens is 244 g/mol. The molecule has 17 heavy (non-hydrogen) atoms. The van der Waals surface area contributed by atoms with E-state index in [2.05, 4.69) is 12.2 Å². The van der Waals surface area contributed by atoms with Crippen LogP contribution in [-0.4, -0.2) is 62.4 Å². The molecule has 0 bridgehead atoms. The van der Waals surface area contributed by atoms with Crippen LogP contribution in [0, 0.1) is 0 Å². The summed E-state index contributed by atoms with van der Waals surface area (Å²) >= 11 is 0. The maximum Gasteiger partial charge on any atom is 0.253 e. The second-order valence-corrected chi connectivity index (χ2v) is 4.23. The Morgan fingerprint density at radius 2 is 2.29 bits per heavy atom. The number of morpholine rings is 2. The lowest BCUT2D eigenvalue weighted by atomic mass is 10.1. The van der Waals surface area contributed by atoms with Crippen LogP contribution in [0.25, 0.3) is 0 Å². The van der Waals surface area contributed by atoms with Gasteiger partial charge in [0.2, 0.25) is 0 Å². The summed E-state index contributed by atoms with van der Waals surface area (Å²) in [5, 5.41) is 3.18. The molecule has 2 fully saturated rings. The lowest BCUT2D eigenvalue weighted by molar-refractivity contribution is -0.153. The van der Waals surface area contributed by atoms with Crippen molar-refractivity contribution in [3.05, 3.63) is 0 Å². The van der Waals surface area contributed by atoms with E-state index in [0.29, 0.717) is 32.9 Å². The Bertz CT molecular complexity index is 247. The van der Waals surface area contributed by atoms with Crippen molar-refractivity contribution in [2.75, 3.05) is 39.5 Å². The van der Waals surface area contributed by atoms with E-state index in [1.165, 1.54) is 0 Å². The van der Waals surface area contributed by atoms with Gasteiger partial charge in [-0.15, -0.1) is 12.4 Å². The van der Waals surface area contributed by atoms with Crippen LogP contribution in [-0.2, 0) is 14.3 Å². The fraction of sp³-hybridized carbons (Fsp3) is 0.909. The third-order valence-electron chi connectivity index (χ3n) is 3.18. The number of hydrogen-bond acceptors (Lipinski definition) is 4.